The zero-order chi connectivity index (χ0) is 17.9. The van der Waals surface area contributed by atoms with Crippen LogP contribution >= 0.6 is 0 Å². The highest BCUT2D eigenvalue weighted by atomic mass is 32.2. The van der Waals surface area contributed by atoms with E-state index in [4.69, 9.17) is 5.21 Å². The molecule has 7 heteroatoms. The van der Waals surface area contributed by atoms with Crippen molar-refractivity contribution in [1.29, 1.82) is 0 Å². The van der Waals surface area contributed by atoms with Gasteiger partial charge in [0.05, 0.1) is 4.90 Å². The lowest BCUT2D eigenvalue weighted by Gasteiger charge is -2.28. The molecule has 130 valence electrons. The lowest BCUT2D eigenvalue weighted by atomic mass is 9.98. The molecule has 0 aliphatic carbocycles. The molecule has 2 N–H and O–H groups in total. The molecule has 0 saturated carbocycles. The second kappa shape index (κ2) is 7.18. The number of fused-ring (bicyclic) bond motifs is 1. The largest absolute Gasteiger partial charge is 0.288 e. The molecule has 0 spiro atoms. The molecule has 1 aliphatic rings. The van der Waals surface area contributed by atoms with Crippen LogP contribution < -0.4 is 5.48 Å². The highest BCUT2D eigenvalue weighted by molar-refractivity contribution is 7.89. The summed E-state index contributed by atoms with van der Waals surface area (Å²) >= 11 is 0. The number of hydrogen-bond acceptors (Lipinski definition) is 4. The molecule has 0 aromatic heterocycles. The first-order chi connectivity index (χ1) is 12.0. The normalized spacial score (nSPS) is 15.1. The number of nitrogens with one attached hydrogen (secondary N) is 1. The third kappa shape index (κ3) is 3.79. The van der Waals surface area contributed by atoms with E-state index in [1.54, 1.807) is 36.4 Å². The quantitative estimate of drug-likeness (QED) is 0.497. The Kier molecular flexibility index (Phi) is 4.98. The summed E-state index contributed by atoms with van der Waals surface area (Å²) in [4.78, 5) is 11.3. The number of rotatable bonds is 4. The molecule has 2 aromatic rings. The lowest BCUT2D eigenvalue weighted by molar-refractivity contribution is -0.124. The molecule has 3 rings (SSSR count). The third-order valence-corrected chi connectivity index (χ3v) is 5.99. The van der Waals surface area contributed by atoms with E-state index in [1.807, 2.05) is 18.2 Å². The number of hydrogen-bond donors (Lipinski definition) is 2. The average Bonchev–Trinajstić information content (AvgIpc) is 2.66. The van der Waals surface area contributed by atoms with E-state index in [2.05, 4.69) is 0 Å². The van der Waals surface area contributed by atoms with Crippen molar-refractivity contribution in [2.45, 2.75) is 17.9 Å². The molecule has 6 nitrogen and oxygen atoms in total. The van der Waals surface area contributed by atoms with Crippen molar-refractivity contribution < 1.29 is 18.4 Å². The first-order valence-electron chi connectivity index (χ1n) is 7.80. The molecule has 0 bridgehead atoms. The van der Waals surface area contributed by atoms with Crippen molar-refractivity contribution in [2.75, 3.05) is 6.54 Å². The second-order valence-electron chi connectivity index (χ2n) is 5.74. The minimum absolute atomic E-state index is 0.299. The fourth-order valence-corrected chi connectivity index (χ4v) is 4.25. The Hall–Kier alpha value is -2.48. The third-order valence-electron chi connectivity index (χ3n) is 4.13. The van der Waals surface area contributed by atoms with E-state index in [-0.39, 0.29) is 0 Å². The molecule has 0 unspecified atom stereocenters. The maximum atomic E-state index is 12.7. The van der Waals surface area contributed by atoms with E-state index in [0.29, 0.717) is 24.4 Å². The molecule has 0 atom stereocenters. The number of amides is 1. The van der Waals surface area contributed by atoms with Gasteiger partial charge in [0.2, 0.25) is 10.0 Å². The maximum absolute atomic E-state index is 12.7. The van der Waals surface area contributed by atoms with Gasteiger partial charge in [0.25, 0.3) is 5.91 Å². The Labute approximate surface area is 146 Å². The molecule has 1 aliphatic heterocycles. The van der Waals surface area contributed by atoms with Gasteiger partial charge in [0.1, 0.15) is 0 Å². The second-order valence-corrected chi connectivity index (χ2v) is 7.68. The van der Waals surface area contributed by atoms with Crippen molar-refractivity contribution in [1.82, 2.24) is 9.79 Å². The Morgan fingerprint density at radius 3 is 2.60 bits per heavy atom. The number of carbonyl (C=O) groups excluding carboxylic acids is 1. The average molecular weight is 358 g/mol. The highest BCUT2D eigenvalue weighted by Gasteiger charge is 2.28. The van der Waals surface area contributed by atoms with Gasteiger partial charge in [-0.15, -0.1) is 0 Å². The van der Waals surface area contributed by atoms with Crippen LogP contribution in [0.1, 0.15) is 16.7 Å². The summed E-state index contributed by atoms with van der Waals surface area (Å²) in [5.74, 6) is -0.599. The molecular formula is C18H18N2O4S. The fourth-order valence-electron chi connectivity index (χ4n) is 2.81. The molecule has 25 heavy (non-hydrogen) atoms. The smallest absolute Gasteiger partial charge is 0.267 e. The Morgan fingerprint density at radius 2 is 1.88 bits per heavy atom. The first kappa shape index (κ1) is 17.3. The lowest BCUT2D eigenvalue weighted by Crippen LogP contribution is -2.35. The van der Waals surface area contributed by atoms with Gasteiger partial charge in [-0.05, 0) is 41.3 Å². The van der Waals surface area contributed by atoms with Crippen LogP contribution in [0.2, 0.25) is 0 Å². The molecule has 0 fully saturated rings. The van der Waals surface area contributed by atoms with E-state index >= 15 is 0 Å². The minimum Gasteiger partial charge on any atom is -0.288 e. The Bertz CT molecular complexity index is 908. The predicted octanol–water partition coefficient (Wildman–Crippen LogP) is 1.95. The van der Waals surface area contributed by atoms with Gasteiger partial charge in [0.15, 0.2) is 0 Å². The molecule has 1 heterocycles. The van der Waals surface area contributed by atoms with Crippen molar-refractivity contribution in [3.05, 3.63) is 71.3 Å². The van der Waals surface area contributed by atoms with Crippen LogP contribution in [0.5, 0.6) is 0 Å². The zero-order valence-electron chi connectivity index (χ0n) is 13.4. The summed E-state index contributed by atoms with van der Waals surface area (Å²) < 4.78 is 26.9. The SMILES string of the molecule is O=C(/C=C/c1ccc2c(c1)CCN(S(=O)(=O)c1ccccc1)C2)NO. The topological polar surface area (TPSA) is 86.7 Å². The number of sulfonamides is 1. The van der Waals surface area contributed by atoms with Gasteiger partial charge in [0, 0.05) is 19.2 Å². The molecule has 0 saturated heterocycles. The van der Waals surface area contributed by atoms with Crippen LogP contribution in [-0.4, -0.2) is 30.4 Å². The summed E-state index contributed by atoms with van der Waals surface area (Å²) in [6.45, 7) is 0.738. The van der Waals surface area contributed by atoms with Gasteiger partial charge in [-0.25, -0.2) is 13.9 Å². The monoisotopic (exact) mass is 358 g/mol. The van der Waals surface area contributed by atoms with Crippen LogP contribution in [0.25, 0.3) is 6.08 Å². The van der Waals surface area contributed by atoms with Gasteiger partial charge in [-0.2, -0.15) is 4.31 Å². The molecule has 2 aromatic carbocycles. The van der Waals surface area contributed by atoms with Crippen LogP contribution in [0, 0.1) is 0 Å². The van der Waals surface area contributed by atoms with Crippen molar-refractivity contribution >= 4 is 22.0 Å². The standard InChI is InChI=1S/C18H18N2O4S/c21-18(19-22)9-7-14-6-8-16-13-20(11-10-15(16)12-14)25(23,24)17-4-2-1-3-5-17/h1-9,12,22H,10-11,13H2,(H,19,21)/b9-7+. The first-order valence-corrected chi connectivity index (χ1v) is 9.24. The van der Waals surface area contributed by atoms with Crippen molar-refractivity contribution in [3.8, 4) is 0 Å². The van der Waals surface area contributed by atoms with Crippen molar-refractivity contribution in [3.63, 3.8) is 0 Å². The summed E-state index contributed by atoms with van der Waals surface area (Å²) in [5.41, 5.74) is 4.37. The molecular weight excluding hydrogens is 340 g/mol. The predicted molar refractivity (Wildman–Crippen MR) is 93.1 cm³/mol. The van der Waals surface area contributed by atoms with Gasteiger partial charge in [-0.3, -0.25) is 10.0 Å². The Morgan fingerprint density at radius 1 is 1.12 bits per heavy atom. The number of nitrogens with zero attached hydrogens (tertiary/aromatic N) is 1. The highest BCUT2D eigenvalue weighted by Crippen LogP contribution is 2.26. The summed E-state index contributed by atoms with van der Waals surface area (Å²) in [6, 6.07) is 14.0. The van der Waals surface area contributed by atoms with Gasteiger partial charge >= 0.3 is 0 Å². The number of hydroxylamine groups is 1. The molecule has 0 radical (unpaired) electrons. The molecule has 1 amide bonds. The van der Waals surface area contributed by atoms with E-state index < -0.39 is 15.9 Å². The van der Waals surface area contributed by atoms with E-state index in [0.717, 1.165) is 16.7 Å². The number of carbonyl (C=O) groups is 1. The fraction of sp³-hybridized carbons (Fsp3) is 0.167. The van der Waals surface area contributed by atoms with Crippen molar-refractivity contribution in [2.24, 2.45) is 0 Å². The zero-order valence-corrected chi connectivity index (χ0v) is 14.2. The van der Waals surface area contributed by atoms with E-state index in [9.17, 15) is 13.2 Å². The van der Waals surface area contributed by atoms with Crippen LogP contribution in [0.15, 0.2) is 59.5 Å². The van der Waals surface area contributed by atoms with Gasteiger partial charge in [-0.1, -0.05) is 36.4 Å². The van der Waals surface area contributed by atoms with Gasteiger partial charge < -0.3 is 0 Å². The number of benzene rings is 2. The van der Waals surface area contributed by atoms with Crippen LogP contribution in [0.3, 0.4) is 0 Å². The minimum atomic E-state index is -3.50. The summed E-state index contributed by atoms with van der Waals surface area (Å²) in [6.07, 6.45) is 3.44. The summed E-state index contributed by atoms with van der Waals surface area (Å²) in [5, 5.41) is 8.49. The Balaban J connectivity index is 1.81. The van der Waals surface area contributed by atoms with Crippen LogP contribution in [-0.2, 0) is 27.8 Å². The van der Waals surface area contributed by atoms with Crippen LogP contribution in [0.4, 0.5) is 0 Å². The van der Waals surface area contributed by atoms with E-state index in [1.165, 1.54) is 15.9 Å². The summed E-state index contributed by atoms with van der Waals surface area (Å²) in [7, 11) is -3.50. The maximum Gasteiger partial charge on any atom is 0.267 e.